The fourth-order valence-electron chi connectivity index (χ4n) is 0.690. The Morgan fingerprint density at radius 3 is 2.86 bits per heavy atom. The molecule has 0 radical (unpaired) electrons. The number of hydrogen-bond acceptors (Lipinski definition) is 6. The normalized spacial score (nSPS) is 9.14. The summed E-state index contributed by atoms with van der Waals surface area (Å²) in [5.41, 5.74) is 6.95. The molecular formula is C5H5N5O3S. The summed E-state index contributed by atoms with van der Waals surface area (Å²) in [4.78, 5) is 10.8. The van der Waals surface area contributed by atoms with Crippen LogP contribution in [0.2, 0.25) is 0 Å². The summed E-state index contributed by atoms with van der Waals surface area (Å²) in [6.07, 6.45) is 1.26. The Labute approximate surface area is 79.8 Å². The van der Waals surface area contributed by atoms with E-state index in [2.05, 4.69) is 20.1 Å². The summed E-state index contributed by atoms with van der Waals surface area (Å²) in [6.45, 7) is 0. The first kappa shape index (κ1) is 10.1. The molecule has 0 aromatic carbocycles. The van der Waals surface area contributed by atoms with Gasteiger partial charge in [0.25, 0.3) is 5.91 Å². The van der Waals surface area contributed by atoms with Crippen LogP contribution < -0.4 is 11.2 Å². The van der Waals surface area contributed by atoms with Crippen LogP contribution in [0.15, 0.2) is 16.7 Å². The van der Waals surface area contributed by atoms with Gasteiger partial charge in [-0.05, 0) is 6.07 Å². The summed E-state index contributed by atoms with van der Waals surface area (Å²) >= 11 is 0. The zero-order valence-corrected chi connectivity index (χ0v) is 7.52. The second kappa shape index (κ2) is 4.28. The molecule has 1 rings (SSSR count). The number of carbonyl (C=O) groups is 1. The minimum atomic E-state index is -2.62. The molecule has 1 aromatic heterocycles. The van der Waals surface area contributed by atoms with Crippen LogP contribution >= 0.6 is 0 Å². The van der Waals surface area contributed by atoms with E-state index in [0.717, 1.165) is 0 Å². The van der Waals surface area contributed by atoms with E-state index in [0.29, 0.717) is 0 Å². The molecule has 0 saturated carbocycles. The van der Waals surface area contributed by atoms with Crippen LogP contribution in [0.4, 0.5) is 5.69 Å². The topological polar surface area (TPSA) is 127 Å². The molecule has 1 heterocycles. The smallest absolute Gasteiger partial charge is 0.332 e. The molecule has 0 saturated heterocycles. The Hall–Kier alpha value is -2.03. The van der Waals surface area contributed by atoms with Crippen molar-refractivity contribution in [3.63, 3.8) is 0 Å². The van der Waals surface area contributed by atoms with E-state index < -0.39 is 16.4 Å². The first-order valence-corrected chi connectivity index (χ1v) is 4.32. The highest BCUT2D eigenvalue weighted by atomic mass is 32.2. The zero-order valence-electron chi connectivity index (χ0n) is 6.71. The second-order valence-corrected chi connectivity index (χ2v) is 2.69. The number of nitrogens with one attached hydrogen (secondary N) is 1. The van der Waals surface area contributed by atoms with Crippen LogP contribution in [0.5, 0.6) is 0 Å². The predicted molar refractivity (Wildman–Crippen MR) is 45.5 cm³/mol. The molecule has 8 nitrogen and oxygen atoms in total. The number of nitrogens with zero attached hydrogens (tertiary/aromatic N) is 3. The Morgan fingerprint density at radius 2 is 2.29 bits per heavy atom. The molecule has 3 N–H and O–H groups in total. The first-order chi connectivity index (χ1) is 6.61. The van der Waals surface area contributed by atoms with Crippen molar-refractivity contribution < 1.29 is 13.2 Å². The maximum atomic E-state index is 10.8. The highest BCUT2D eigenvalue weighted by molar-refractivity contribution is 7.61. The maximum absolute atomic E-state index is 10.8. The molecule has 9 heteroatoms. The van der Waals surface area contributed by atoms with E-state index in [4.69, 9.17) is 5.73 Å². The van der Waals surface area contributed by atoms with Crippen LogP contribution in [0.1, 0.15) is 10.5 Å². The van der Waals surface area contributed by atoms with Crippen molar-refractivity contribution >= 4 is 22.1 Å². The third kappa shape index (κ3) is 2.48. The van der Waals surface area contributed by atoms with Crippen LogP contribution in [0.25, 0.3) is 0 Å². The van der Waals surface area contributed by atoms with Gasteiger partial charge in [0.15, 0.2) is 5.69 Å². The number of rotatable bonds is 3. The van der Waals surface area contributed by atoms with Gasteiger partial charge in [-0.15, -0.1) is 5.10 Å². The number of carbonyl (C=O) groups excluding carboxylic acids is 1. The lowest BCUT2D eigenvalue weighted by Gasteiger charge is -2.00. The molecule has 1 aromatic rings. The van der Waals surface area contributed by atoms with Crippen molar-refractivity contribution in [2.45, 2.75) is 0 Å². The van der Waals surface area contributed by atoms with Crippen LogP contribution in [-0.2, 0) is 10.5 Å². The Balaban J connectivity index is 3.08. The summed E-state index contributed by atoms with van der Waals surface area (Å²) in [5.74, 6) is -0.826. The van der Waals surface area contributed by atoms with Crippen molar-refractivity contribution in [2.24, 2.45) is 10.2 Å². The minimum Gasteiger partial charge on any atom is -0.364 e. The number of hydrogen-bond donors (Lipinski definition) is 2. The minimum absolute atomic E-state index is 0.0803. The lowest BCUT2D eigenvalue weighted by Crippen LogP contribution is -2.15. The van der Waals surface area contributed by atoms with Gasteiger partial charge in [-0.2, -0.15) is 13.5 Å². The van der Waals surface area contributed by atoms with E-state index in [1.165, 1.54) is 12.3 Å². The quantitative estimate of drug-likeness (QED) is 0.620. The SMILES string of the molecule is NC(=O)c1nnccc1NN=S(=O)=O. The summed E-state index contributed by atoms with van der Waals surface area (Å²) in [5, 5.41) is 6.82. The van der Waals surface area contributed by atoms with Gasteiger partial charge in [-0.1, -0.05) is 4.47 Å². The fraction of sp³-hybridized carbons (Fsp3) is 0. The monoisotopic (exact) mass is 215 g/mol. The molecule has 74 valence electrons. The number of aromatic nitrogens is 2. The number of primary amides is 1. The molecule has 0 aliphatic rings. The third-order valence-corrected chi connectivity index (χ3v) is 1.44. The van der Waals surface area contributed by atoms with E-state index in [1.807, 2.05) is 0 Å². The maximum Gasteiger partial charge on any atom is 0.332 e. The van der Waals surface area contributed by atoms with Crippen molar-refractivity contribution in [1.29, 1.82) is 0 Å². The average molecular weight is 215 g/mol. The van der Waals surface area contributed by atoms with Crippen molar-refractivity contribution in [3.8, 4) is 0 Å². The van der Waals surface area contributed by atoms with Crippen LogP contribution in [-0.4, -0.2) is 24.5 Å². The van der Waals surface area contributed by atoms with Crippen LogP contribution in [0, 0.1) is 0 Å². The number of amides is 1. The largest absolute Gasteiger partial charge is 0.364 e. The summed E-state index contributed by atoms with van der Waals surface area (Å²) in [6, 6.07) is 1.32. The molecule has 0 atom stereocenters. The molecule has 0 aliphatic heterocycles. The first-order valence-electron chi connectivity index (χ1n) is 3.29. The Morgan fingerprint density at radius 1 is 1.57 bits per heavy atom. The molecule has 0 bridgehead atoms. The molecule has 14 heavy (non-hydrogen) atoms. The second-order valence-electron chi connectivity index (χ2n) is 2.08. The third-order valence-electron chi connectivity index (χ3n) is 1.19. The number of anilines is 1. The zero-order chi connectivity index (χ0) is 10.6. The molecule has 0 aliphatic carbocycles. The molecule has 0 spiro atoms. The highest BCUT2D eigenvalue weighted by Crippen LogP contribution is 2.09. The van der Waals surface area contributed by atoms with Gasteiger partial charge in [0.1, 0.15) is 0 Å². The molecule has 0 fully saturated rings. The summed E-state index contributed by atoms with van der Waals surface area (Å²) in [7, 11) is -2.62. The average Bonchev–Trinajstić information content (AvgIpc) is 2.15. The van der Waals surface area contributed by atoms with Gasteiger partial charge >= 0.3 is 10.5 Å². The molecule has 0 unspecified atom stereocenters. The Bertz CT molecular complexity index is 474. The van der Waals surface area contributed by atoms with Crippen molar-refractivity contribution in [1.82, 2.24) is 10.2 Å². The van der Waals surface area contributed by atoms with Crippen LogP contribution in [0.3, 0.4) is 0 Å². The number of nitrogens with two attached hydrogens (primary N) is 1. The molecular weight excluding hydrogens is 210 g/mol. The van der Waals surface area contributed by atoms with E-state index in [9.17, 15) is 13.2 Å². The lowest BCUT2D eigenvalue weighted by atomic mass is 10.3. The van der Waals surface area contributed by atoms with E-state index in [1.54, 1.807) is 0 Å². The standard InChI is InChI=1S/C5H5N5O3S/c6-5(11)4-3(1-2-7-9-4)8-10-14(12)13/h1-2H,(H2,6,11)(H,7,8). The summed E-state index contributed by atoms with van der Waals surface area (Å²) < 4.78 is 23.1. The van der Waals surface area contributed by atoms with E-state index >= 15 is 0 Å². The molecule has 1 amide bonds. The van der Waals surface area contributed by atoms with Gasteiger partial charge < -0.3 is 5.73 Å². The van der Waals surface area contributed by atoms with Crippen molar-refractivity contribution in [2.75, 3.05) is 5.43 Å². The van der Waals surface area contributed by atoms with Crippen molar-refractivity contribution in [3.05, 3.63) is 18.0 Å². The van der Waals surface area contributed by atoms with Gasteiger partial charge in [0.05, 0.1) is 11.9 Å². The van der Waals surface area contributed by atoms with Gasteiger partial charge in [0.2, 0.25) is 0 Å². The van der Waals surface area contributed by atoms with Gasteiger partial charge in [-0.3, -0.25) is 10.2 Å². The lowest BCUT2D eigenvalue weighted by molar-refractivity contribution is 0.0995. The Kier molecular flexibility index (Phi) is 3.07. The predicted octanol–water partition coefficient (Wildman–Crippen LogP) is -1.03. The fourth-order valence-corrected chi connectivity index (χ4v) is 0.863. The highest BCUT2D eigenvalue weighted by Gasteiger charge is 2.08. The van der Waals surface area contributed by atoms with E-state index in [-0.39, 0.29) is 11.4 Å². The van der Waals surface area contributed by atoms with Gasteiger partial charge in [-0.25, -0.2) is 0 Å². The van der Waals surface area contributed by atoms with Gasteiger partial charge in [0, 0.05) is 0 Å².